The molecule has 108 valence electrons. The third kappa shape index (κ3) is 2.22. The van der Waals surface area contributed by atoms with Gasteiger partial charge in [-0.2, -0.15) is 9.50 Å². The molecule has 4 rings (SSSR count). The second kappa shape index (κ2) is 5.08. The van der Waals surface area contributed by atoms with E-state index in [2.05, 4.69) is 10.1 Å². The van der Waals surface area contributed by atoms with Crippen LogP contribution in [0.25, 0.3) is 22.6 Å². The minimum atomic E-state index is -0.194. The van der Waals surface area contributed by atoms with E-state index in [9.17, 15) is 4.79 Å². The number of aromatic nitrogens is 3. The first-order valence-corrected chi connectivity index (χ1v) is 7.61. The van der Waals surface area contributed by atoms with Gasteiger partial charge >= 0.3 is 0 Å². The van der Waals surface area contributed by atoms with E-state index in [0.717, 1.165) is 5.56 Å². The van der Waals surface area contributed by atoms with E-state index >= 15 is 0 Å². The number of rotatable bonds is 2. The largest absolute Gasteiger partial charge is 0.461 e. The van der Waals surface area contributed by atoms with Crippen LogP contribution >= 0.6 is 22.9 Å². The molecule has 0 aliphatic carbocycles. The van der Waals surface area contributed by atoms with Crippen LogP contribution in [-0.2, 0) is 0 Å². The molecule has 0 unspecified atom stereocenters. The average molecular weight is 330 g/mol. The van der Waals surface area contributed by atoms with E-state index in [0.29, 0.717) is 26.1 Å². The van der Waals surface area contributed by atoms with Crippen molar-refractivity contribution in [3.05, 3.63) is 68.1 Å². The summed E-state index contributed by atoms with van der Waals surface area (Å²) in [6.07, 6.45) is 3.34. The van der Waals surface area contributed by atoms with Crippen molar-refractivity contribution in [3.63, 3.8) is 0 Å². The molecule has 0 fully saturated rings. The molecule has 0 atom stereocenters. The third-order valence-corrected chi connectivity index (χ3v) is 4.30. The molecule has 0 saturated heterocycles. The molecule has 3 aromatic heterocycles. The van der Waals surface area contributed by atoms with Crippen molar-refractivity contribution < 1.29 is 4.42 Å². The molecule has 0 radical (unpaired) electrons. The number of hydrogen-bond acceptors (Lipinski definition) is 5. The van der Waals surface area contributed by atoms with Crippen LogP contribution in [0.15, 0.2) is 51.9 Å². The van der Waals surface area contributed by atoms with Crippen molar-refractivity contribution in [2.75, 3.05) is 0 Å². The van der Waals surface area contributed by atoms with Crippen LogP contribution in [0.1, 0.15) is 5.56 Å². The maximum absolute atomic E-state index is 12.4. The fraction of sp³-hybridized carbons (Fsp3) is 0. The summed E-state index contributed by atoms with van der Waals surface area (Å²) in [6.45, 7) is 0. The van der Waals surface area contributed by atoms with E-state index in [1.54, 1.807) is 36.6 Å². The quantitative estimate of drug-likeness (QED) is 0.567. The van der Waals surface area contributed by atoms with E-state index in [-0.39, 0.29) is 5.56 Å². The normalized spacial score (nSPS) is 12.3. The number of thiazole rings is 1. The van der Waals surface area contributed by atoms with Gasteiger partial charge in [0.15, 0.2) is 5.76 Å². The summed E-state index contributed by atoms with van der Waals surface area (Å²) >= 11 is 7.14. The molecular formula is C15H8ClN3O2S. The Balaban J connectivity index is 1.84. The Morgan fingerprint density at radius 2 is 2.05 bits per heavy atom. The highest BCUT2D eigenvalue weighted by Gasteiger charge is 2.13. The molecule has 7 heteroatoms. The highest BCUT2D eigenvalue weighted by Crippen LogP contribution is 2.16. The second-order valence-electron chi connectivity index (χ2n) is 4.57. The molecule has 22 heavy (non-hydrogen) atoms. The van der Waals surface area contributed by atoms with E-state index in [4.69, 9.17) is 16.0 Å². The lowest BCUT2D eigenvalue weighted by atomic mass is 10.2. The van der Waals surface area contributed by atoms with Gasteiger partial charge in [-0.15, -0.1) is 5.10 Å². The van der Waals surface area contributed by atoms with Crippen LogP contribution in [0.2, 0.25) is 5.02 Å². The van der Waals surface area contributed by atoms with Gasteiger partial charge < -0.3 is 4.42 Å². The first kappa shape index (κ1) is 13.2. The lowest BCUT2D eigenvalue weighted by Crippen LogP contribution is -2.23. The topological polar surface area (TPSA) is 60.4 Å². The Hall–Kier alpha value is -2.44. The zero-order valence-electron chi connectivity index (χ0n) is 11.1. The molecular weight excluding hydrogens is 322 g/mol. The highest BCUT2D eigenvalue weighted by molar-refractivity contribution is 7.15. The molecule has 0 N–H and O–H groups in total. The van der Waals surface area contributed by atoms with Crippen molar-refractivity contribution >= 4 is 34.0 Å². The Morgan fingerprint density at radius 3 is 2.73 bits per heavy atom. The van der Waals surface area contributed by atoms with Gasteiger partial charge in [0.2, 0.25) is 10.8 Å². The van der Waals surface area contributed by atoms with Gasteiger partial charge in [0.1, 0.15) is 0 Å². The zero-order chi connectivity index (χ0) is 15.1. The van der Waals surface area contributed by atoms with Gasteiger partial charge in [-0.1, -0.05) is 35.1 Å². The summed E-state index contributed by atoms with van der Waals surface area (Å²) in [5, 5.41) is 4.86. The zero-order valence-corrected chi connectivity index (χ0v) is 12.6. The lowest BCUT2D eigenvalue weighted by molar-refractivity contribution is 0.577. The van der Waals surface area contributed by atoms with Crippen LogP contribution < -0.4 is 10.1 Å². The Kier molecular flexibility index (Phi) is 3.06. The Labute approximate surface area is 133 Å². The maximum atomic E-state index is 12.4. The molecule has 4 aromatic rings. The van der Waals surface area contributed by atoms with Gasteiger partial charge in [0, 0.05) is 5.02 Å². The Bertz CT molecular complexity index is 1050. The van der Waals surface area contributed by atoms with Crippen molar-refractivity contribution in [1.29, 1.82) is 0 Å². The van der Waals surface area contributed by atoms with E-state index in [1.807, 2.05) is 12.1 Å². The minimum absolute atomic E-state index is 0.194. The van der Waals surface area contributed by atoms with Crippen LogP contribution in [0.3, 0.4) is 0 Å². The summed E-state index contributed by atoms with van der Waals surface area (Å²) in [6, 6.07) is 10.8. The van der Waals surface area contributed by atoms with E-state index < -0.39 is 0 Å². The summed E-state index contributed by atoms with van der Waals surface area (Å²) in [5.74, 6) is 0.949. The van der Waals surface area contributed by atoms with Gasteiger partial charge in [0.25, 0.3) is 5.56 Å². The summed E-state index contributed by atoms with van der Waals surface area (Å²) in [4.78, 5) is 17.2. The van der Waals surface area contributed by atoms with Crippen molar-refractivity contribution in [2.24, 2.45) is 0 Å². The van der Waals surface area contributed by atoms with Gasteiger partial charge in [-0.05, 0) is 35.9 Å². The predicted octanol–water partition coefficient (Wildman–Crippen LogP) is 2.61. The number of furan rings is 1. The molecule has 0 aliphatic heterocycles. The van der Waals surface area contributed by atoms with Crippen molar-refractivity contribution in [2.45, 2.75) is 0 Å². The monoisotopic (exact) mass is 329 g/mol. The van der Waals surface area contributed by atoms with Gasteiger partial charge in [-0.25, -0.2) is 0 Å². The fourth-order valence-corrected chi connectivity index (χ4v) is 3.09. The standard InChI is InChI=1S/C15H8ClN3O2S/c16-10-5-3-9(4-6-10)8-12-14(20)19-15(22-12)17-13(18-19)11-2-1-7-21-11/h1-8H/b12-8-. The molecule has 3 heterocycles. The predicted molar refractivity (Wildman–Crippen MR) is 85.1 cm³/mol. The van der Waals surface area contributed by atoms with Crippen LogP contribution in [0, 0.1) is 0 Å². The minimum Gasteiger partial charge on any atom is -0.461 e. The smallest absolute Gasteiger partial charge is 0.291 e. The van der Waals surface area contributed by atoms with Crippen LogP contribution in [0.4, 0.5) is 0 Å². The molecule has 0 aliphatic rings. The summed E-state index contributed by atoms with van der Waals surface area (Å²) in [7, 11) is 0. The fourth-order valence-electron chi connectivity index (χ4n) is 2.05. The Morgan fingerprint density at radius 1 is 1.23 bits per heavy atom. The number of hydrogen-bond donors (Lipinski definition) is 0. The average Bonchev–Trinajstić information content (AvgIpc) is 3.20. The molecule has 5 nitrogen and oxygen atoms in total. The summed E-state index contributed by atoms with van der Waals surface area (Å²) in [5.41, 5.74) is 0.706. The molecule has 0 bridgehead atoms. The second-order valence-corrected chi connectivity index (χ2v) is 6.02. The number of halogens is 1. The maximum Gasteiger partial charge on any atom is 0.291 e. The molecule has 0 saturated carbocycles. The van der Waals surface area contributed by atoms with Crippen LogP contribution in [0.5, 0.6) is 0 Å². The number of benzene rings is 1. The highest BCUT2D eigenvalue weighted by atomic mass is 35.5. The van der Waals surface area contributed by atoms with Crippen LogP contribution in [-0.4, -0.2) is 14.6 Å². The molecule has 0 amide bonds. The summed E-state index contributed by atoms with van der Waals surface area (Å²) < 4.78 is 7.11. The third-order valence-electron chi connectivity index (χ3n) is 3.09. The molecule has 0 spiro atoms. The number of nitrogens with zero attached hydrogens (tertiary/aromatic N) is 3. The lowest BCUT2D eigenvalue weighted by Gasteiger charge is -1.91. The van der Waals surface area contributed by atoms with E-state index in [1.165, 1.54) is 15.9 Å². The van der Waals surface area contributed by atoms with Crippen molar-refractivity contribution in [3.8, 4) is 11.6 Å². The molecule has 1 aromatic carbocycles. The SMILES string of the molecule is O=c1/c(=C/c2ccc(Cl)cc2)sc2nc(-c3ccco3)nn12. The van der Waals surface area contributed by atoms with Gasteiger partial charge in [-0.3, -0.25) is 4.79 Å². The first-order chi connectivity index (χ1) is 10.7. The number of fused-ring (bicyclic) bond motifs is 1. The first-order valence-electron chi connectivity index (χ1n) is 6.41. The van der Waals surface area contributed by atoms with Gasteiger partial charge in [0.05, 0.1) is 10.8 Å². The van der Waals surface area contributed by atoms with Crippen molar-refractivity contribution in [1.82, 2.24) is 14.6 Å².